The normalized spacial score (nSPS) is 10.7. The van der Waals surface area contributed by atoms with Gasteiger partial charge in [0.15, 0.2) is 6.61 Å². The van der Waals surface area contributed by atoms with E-state index in [-0.39, 0.29) is 12.4 Å². The van der Waals surface area contributed by atoms with E-state index in [0.29, 0.717) is 5.75 Å². The first-order chi connectivity index (χ1) is 13.8. The smallest absolute Gasteiger partial charge is 0.341 e. The lowest BCUT2D eigenvalue weighted by Gasteiger charge is -2.26. The van der Waals surface area contributed by atoms with Gasteiger partial charge in [-0.15, -0.1) is 0 Å². The van der Waals surface area contributed by atoms with Crippen molar-refractivity contribution in [3.63, 3.8) is 0 Å². The lowest BCUT2D eigenvalue weighted by Crippen LogP contribution is -2.15. The number of halogens is 1. The molecule has 0 aromatic heterocycles. The van der Waals surface area contributed by atoms with Gasteiger partial charge in [0.1, 0.15) is 11.6 Å². The second-order valence-corrected chi connectivity index (χ2v) is 7.16. The van der Waals surface area contributed by atoms with E-state index in [0.717, 1.165) is 39.2 Å². The molecule has 0 saturated heterocycles. The molecule has 5 heteroatoms. The number of nitrogens with zero attached hydrogens (tertiary/aromatic N) is 1. The molecule has 0 aliphatic heterocycles. The number of aliphatic carboxylic acids is 1. The van der Waals surface area contributed by atoms with Gasteiger partial charge in [-0.05, 0) is 73.4 Å². The minimum Gasteiger partial charge on any atom is -0.482 e. The maximum atomic E-state index is 13.7. The van der Waals surface area contributed by atoms with Crippen molar-refractivity contribution in [1.82, 2.24) is 0 Å². The summed E-state index contributed by atoms with van der Waals surface area (Å²) < 4.78 is 19.1. The molecule has 0 unspecified atom stereocenters. The molecule has 150 valence electrons. The maximum absolute atomic E-state index is 13.7. The summed E-state index contributed by atoms with van der Waals surface area (Å²) in [6.45, 7) is 5.54. The largest absolute Gasteiger partial charge is 0.482 e. The Morgan fingerprint density at radius 1 is 1.03 bits per heavy atom. The highest BCUT2D eigenvalue weighted by atomic mass is 19.1. The zero-order valence-corrected chi connectivity index (χ0v) is 17.0. The average molecular weight is 393 g/mol. The van der Waals surface area contributed by atoms with Crippen molar-refractivity contribution in [2.45, 2.75) is 20.8 Å². The van der Waals surface area contributed by atoms with Gasteiger partial charge in [0.2, 0.25) is 0 Å². The summed E-state index contributed by atoms with van der Waals surface area (Å²) in [5, 5.41) is 8.90. The first-order valence-electron chi connectivity index (χ1n) is 9.32. The van der Waals surface area contributed by atoms with Gasteiger partial charge in [0.05, 0.1) is 5.69 Å². The first-order valence-corrected chi connectivity index (χ1v) is 9.32. The van der Waals surface area contributed by atoms with Gasteiger partial charge in [-0.1, -0.05) is 24.3 Å². The lowest BCUT2D eigenvalue weighted by atomic mass is 10.0. The SMILES string of the molecule is Cc1cc(-c2cccc(F)c2)cc(N(C)c2c(C)ccc(OCC(=O)O)c2C)c1. The number of hydrogen-bond acceptors (Lipinski definition) is 3. The summed E-state index contributed by atoms with van der Waals surface area (Å²) in [5.41, 5.74) is 6.61. The van der Waals surface area contributed by atoms with E-state index in [1.807, 2.05) is 57.0 Å². The highest BCUT2D eigenvalue weighted by Crippen LogP contribution is 2.37. The molecule has 0 spiro atoms. The van der Waals surface area contributed by atoms with Crippen LogP contribution < -0.4 is 9.64 Å². The van der Waals surface area contributed by atoms with Crippen molar-refractivity contribution in [2.75, 3.05) is 18.6 Å². The molecule has 1 N–H and O–H groups in total. The third kappa shape index (κ3) is 4.57. The third-order valence-corrected chi connectivity index (χ3v) is 4.88. The molecular weight excluding hydrogens is 369 g/mol. The molecule has 3 aromatic rings. The molecular formula is C24H24FNO3. The van der Waals surface area contributed by atoms with Crippen LogP contribution in [0, 0.1) is 26.6 Å². The van der Waals surface area contributed by atoms with Crippen LogP contribution in [0.15, 0.2) is 54.6 Å². The summed E-state index contributed by atoms with van der Waals surface area (Å²) in [6, 6.07) is 16.4. The highest BCUT2D eigenvalue weighted by molar-refractivity contribution is 5.76. The molecule has 0 heterocycles. The molecule has 0 bridgehead atoms. The van der Waals surface area contributed by atoms with E-state index < -0.39 is 5.97 Å². The van der Waals surface area contributed by atoms with Crippen LogP contribution in [0.25, 0.3) is 11.1 Å². The second-order valence-electron chi connectivity index (χ2n) is 7.16. The molecule has 0 fully saturated rings. The second kappa shape index (κ2) is 8.35. The summed E-state index contributed by atoms with van der Waals surface area (Å²) in [7, 11) is 1.96. The van der Waals surface area contributed by atoms with Gasteiger partial charge in [0.25, 0.3) is 0 Å². The van der Waals surface area contributed by atoms with Crippen LogP contribution in [0.3, 0.4) is 0 Å². The van der Waals surface area contributed by atoms with Gasteiger partial charge in [-0.25, -0.2) is 9.18 Å². The number of carboxylic acids is 1. The van der Waals surface area contributed by atoms with Crippen LogP contribution in [0.2, 0.25) is 0 Å². The van der Waals surface area contributed by atoms with Crippen molar-refractivity contribution in [3.05, 3.63) is 77.1 Å². The standard InChI is InChI=1S/C24H24FNO3/c1-15-10-19(18-6-5-7-20(25)12-18)13-21(11-15)26(4)24-16(2)8-9-22(17(24)3)29-14-23(27)28/h5-13H,14H2,1-4H3,(H,27,28). The fraction of sp³-hybridized carbons (Fsp3) is 0.208. The number of ether oxygens (including phenoxy) is 1. The average Bonchev–Trinajstić information content (AvgIpc) is 2.66. The van der Waals surface area contributed by atoms with Crippen LogP contribution in [-0.2, 0) is 4.79 Å². The first kappa shape index (κ1) is 20.4. The minimum absolute atomic E-state index is 0.270. The van der Waals surface area contributed by atoms with E-state index in [1.165, 1.54) is 12.1 Å². The number of anilines is 2. The number of hydrogen-bond donors (Lipinski definition) is 1. The van der Waals surface area contributed by atoms with E-state index in [9.17, 15) is 9.18 Å². The summed E-state index contributed by atoms with van der Waals surface area (Å²) in [6.07, 6.45) is 0. The third-order valence-electron chi connectivity index (χ3n) is 4.88. The summed E-state index contributed by atoms with van der Waals surface area (Å²) in [4.78, 5) is 12.9. The maximum Gasteiger partial charge on any atom is 0.341 e. The molecule has 29 heavy (non-hydrogen) atoms. The molecule has 3 rings (SSSR count). The van der Waals surface area contributed by atoms with Gasteiger partial charge in [-0.2, -0.15) is 0 Å². The molecule has 3 aromatic carbocycles. The molecule has 0 aliphatic carbocycles. The topological polar surface area (TPSA) is 49.8 Å². The van der Waals surface area contributed by atoms with E-state index in [4.69, 9.17) is 9.84 Å². The Labute approximate surface area is 170 Å². The van der Waals surface area contributed by atoms with Crippen molar-refractivity contribution in [1.29, 1.82) is 0 Å². The Morgan fingerprint density at radius 3 is 2.48 bits per heavy atom. The van der Waals surface area contributed by atoms with Crippen molar-refractivity contribution >= 4 is 17.3 Å². The zero-order chi connectivity index (χ0) is 21.1. The number of benzene rings is 3. The molecule has 0 aliphatic rings. The van der Waals surface area contributed by atoms with Gasteiger partial charge >= 0.3 is 5.97 Å². The molecule has 0 saturated carbocycles. The van der Waals surface area contributed by atoms with E-state index in [1.54, 1.807) is 12.1 Å². The summed E-state index contributed by atoms with van der Waals surface area (Å²) in [5.74, 6) is -0.745. The number of carboxylic acid groups (broad SMARTS) is 1. The van der Waals surface area contributed by atoms with Crippen LogP contribution >= 0.6 is 0 Å². The number of carbonyl (C=O) groups is 1. The van der Waals surface area contributed by atoms with E-state index in [2.05, 4.69) is 6.07 Å². The predicted molar refractivity (Wildman–Crippen MR) is 114 cm³/mol. The van der Waals surface area contributed by atoms with Gasteiger partial charge < -0.3 is 14.7 Å². The van der Waals surface area contributed by atoms with Crippen LogP contribution in [0.5, 0.6) is 5.75 Å². The lowest BCUT2D eigenvalue weighted by molar-refractivity contribution is -0.139. The zero-order valence-electron chi connectivity index (χ0n) is 17.0. The van der Waals surface area contributed by atoms with Crippen molar-refractivity contribution in [3.8, 4) is 16.9 Å². The molecule has 0 radical (unpaired) electrons. The van der Waals surface area contributed by atoms with Crippen LogP contribution in [-0.4, -0.2) is 24.7 Å². The minimum atomic E-state index is -1.02. The predicted octanol–water partition coefficient (Wildman–Crippen LogP) is 5.65. The fourth-order valence-corrected chi connectivity index (χ4v) is 3.55. The van der Waals surface area contributed by atoms with Crippen LogP contribution in [0.4, 0.5) is 15.8 Å². The van der Waals surface area contributed by atoms with E-state index >= 15 is 0 Å². The number of rotatable bonds is 6. The van der Waals surface area contributed by atoms with Gasteiger partial charge in [0, 0.05) is 18.3 Å². The monoisotopic (exact) mass is 393 g/mol. The Balaban J connectivity index is 2.03. The van der Waals surface area contributed by atoms with Crippen molar-refractivity contribution in [2.24, 2.45) is 0 Å². The Morgan fingerprint density at radius 2 is 1.79 bits per heavy atom. The number of aryl methyl sites for hydroxylation is 2. The van der Waals surface area contributed by atoms with Crippen LogP contribution in [0.1, 0.15) is 16.7 Å². The quantitative estimate of drug-likeness (QED) is 0.588. The molecule has 0 amide bonds. The Hall–Kier alpha value is -3.34. The fourth-order valence-electron chi connectivity index (χ4n) is 3.55. The summed E-state index contributed by atoms with van der Waals surface area (Å²) >= 11 is 0. The Bertz CT molecular complexity index is 1060. The van der Waals surface area contributed by atoms with Crippen molar-refractivity contribution < 1.29 is 19.0 Å². The highest BCUT2D eigenvalue weighted by Gasteiger charge is 2.16. The van der Waals surface area contributed by atoms with Gasteiger partial charge in [-0.3, -0.25) is 0 Å². The molecule has 0 atom stereocenters. The molecule has 4 nitrogen and oxygen atoms in total. The Kier molecular flexibility index (Phi) is 5.87.